The summed E-state index contributed by atoms with van der Waals surface area (Å²) in [6.45, 7) is 5.98. The van der Waals surface area contributed by atoms with Gasteiger partial charge in [0, 0.05) is 24.9 Å². The number of rotatable bonds is 3. The van der Waals surface area contributed by atoms with Crippen LogP contribution in [0.5, 0.6) is 0 Å². The lowest BCUT2D eigenvalue weighted by molar-refractivity contribution is -0.106. The summed E-state index contributed by atoms with van der Waals surface area (Å²) >= 11 is 1.44. The quantitative estimate of drug-likeness (QED) is 0.664. The second kappa shape index (κ2) is 4.22. The maximum Gasteiger partial charge on any atom is 0.214 e. The van der Waals surface area contributed by atoms with Crippen LogP contribution < -0.4 is 0 Å². The van der Waals surface area contributed by atoms with Gasteiger partial charge in [-0.15, -0.1) is 6.58 Å². The van der Waals surface area contributed by atoms with E-state index in [2.05, 4.69) is 11.5 Å². The van der Waals surface area contributed by atoms with Crippen LogP contribution in [-0.4, -0.2) is 28.4 Å². The summed E-state index contributed by atoms with van der Waals surface area (Å²) < 4.78 is 0. The minimum absolute atomic E-state index is 0.207. The third-order valence-electron chi connectivity index (χ3n) is 2.71. The van der Waals surface area contributed by atoms with Crippen molar-refractivity contribution >= 4 is 16.9 Å². The van der Waals surface area contributed by atoms with Gasteiger partial charge in [-0.1, -0.05) is 17.8 Å². The average molecular weight is 209 g/mol. The van der Waals surface area contributed by atoms with Crippen molar-refractivity contribution in [3.63, 3.8) is 0 Å². The summed E-state index contributed by atoms with van der Waals surface area (Å²) in [4.78, 5) is 13.7. The van der Waals surface area contributed by atoms with Crippen LogP contribution in [0.1, 0.15) is 19.3 Å². The first-order chi connectivity index (χ1) is 6.81. The Bertz CT molecular complexity index is 279. The molecule has 0 amide bonds. The second-order valence-corrected chi connectivity index (χ2v) is 4.92. The highest BCUT2D eigenvalue weighted by atomic mass is 32.2. The van der Waals surface area contributed by atoms with E-state index in [-0.39, 0.29) is 5.12 Å². The van der Waals surface area contributed by atoms with E-state index in [1.807, 2.05) is 12.2 Å². The number of thioether (sulfide) groups is 1. The van der Waals surface area contributed by atoms with Crippen LogP contribution in [0.3, 0.4) is 0 Å². The second-order valence-electron chi connectivity index (χ2n) is 3.71. The zero-order chi connectivity index (χ0) is 9.97. The maximum absolute atomic E-state index is 11.3. The van der Waals surface area contributed by atoms with Crippen LogP contribution in [0.4, 0.5) is 0 Å². The van der Waals surface area contributed by atoms with Gasteiger partial charge in [-0.05, 0) is 19.3 Å². The van der Waals surface area contributed by atoms with Crippen LogP contribution in [0.15, 0.2) is 24.4 Å². The number of nitrogens with zero attached hydrogens (tertiary/aromatic N) is 1. The molecule has 3 heteroatoms. The summed E-state index contributed by atoms with van der Waals surface area (Å²) in [6.07, 6.45) is 7.14. The predicted octanol–water partition coefficient (Wildman–Crippen LogP) is 2.18. The highest BCUT2D eigenvalue weighted by Crippen LogP contribution is 2.34. The Hall–Kier alpha value is -0.700. The maximum atomic E-state index is 11.3. The molecule has 14 heavy (non-hydrogen) atoms. The number of carbonyl (C=O) groups is 1. The Balaban J connectivity index is 2.09. The monoisotopic (exact) mass is 209 g/mol. The fraction of sp³-hybridized carbons (Fsp3) is 0.545. The third kappa shape index (κ3) is 1.87. The molecule has 0 N–H and O–H groups in total. The fourth-order valence-electron chi connectivity index (χ4n) is 2.04. The molecule has 2 rings (SSSR count). The van der Waals surface area contributed by atoms with Crippen molar-refractivity contribution in [2.24, 2.45) is 0 Å². The van der Waals surface area contributed by atoms with E-state index in [9.17, 15) is 4.79 Å². The molecule has 1 fully saturated rings. The third-order valence-corrected chi connectivity index (χ3v) is 3.77. The van der Waals surface area contributed by atoms with E-state index in [0.29, 0.717) is 5.25 Å². The van der Waals surface area contributed by atoms with E-state index in [1.54, 1.807) is 0 Å². The number of allylic oxidation sites excluding steroid dienone is 1. The minimum Gasteiger partial charge on any atom is -0.374 e. The predicted molar refractivity (Wildman–Crippen MR) is 60.1 cm³/mol. The van der Waals surface area contributed by atoms with Crippen molar-refractivity contribution in [2.75, 3.05) is 13.1 Å². The van der Waals surface area contributed by atoms with Crippen LogP contribution in [-0.2, 0) is 4.79 Å². The first kappa shape index (κ1) is 9.84. The molecule has 2 nitrogen and oxygen atoms in total. The molecule has 1 unspecified atom stereocenters. The van der Waals surface area contributed by atoms with E-state index in [0.717, 1.165) is 19.5 Å². The van der Waals surface area contributed by atoms with Gasteiger partial charge in [0.2, 0.25) is 5.12 Å². The van der Waals surface area contributed by atoms with Crippen molar-refractivity contribution in [2.45, 2.75) is 24.5 Å². The molecule has 0 aromatic rings. The molecule has 0 saturated carbocycles. The lowest BCUT2D eigenvalue weighted by Gasteiger charge is -2.23. The summed E-state index contributed by atoms with van der Waals surface area (Å²) in [7, 11) is 0. The summed E-state index contributed by atoms with van der Waals surface area (Å²) in [5, 5.41) is 0.539. The lowest BCUT2D eigenvalue weighted by atomic mass is 10.2. The largest absolute Gasteiger partial charge is 0.374 e. The number of likely N-dealkylation sites (tertiary alicyclic amines) is 1. The van der Waals surface area contributed by atoms with Crippen LogP contribution in [0.2, 0.25) is 0 Å². The smallest absolute Gasteiger partial charge is 0.214 e. The molecule has 2 aliphatic rings. The molecular weight excluding hydrogens is 194 g/mol. The van der Waals surface area contributed by atoms with E-state index in [1.165, 1.54) is 30.3 Å². The van der Waals surface area contributed by atoms with E-state index >= 15 is 0 Å². The van der Waals surface area contributed by atoms with Gasteiger partial charge in [-0.3, -0.25) is 4.79 Å². The van der Waals surface area contributed by atoms with Crippen molar-refractivity contribution in [1.82, 2.24) is 4.90 Å². The zero-order valence-electron chi connectivity index (χ0n) is 8.24. The average Bonchev–Trinajstić information content (AvgIpc) is 2.74. The Morgan fingerprint density at radius 3 is 2.93 bits per heavy atom. The highest BCUT2D eigenvalue weighted by molar-refractivity contribution is 8.15. The fourth-order valence-corrected chi connectivity index (χ4v) is 3.08. The SMILES string of the molecule is C=CCC1SC(=O)C=C1N1CCCC1. The van der Waals surface area contributed by atoms with Crippen LogP contribution in [0, 0.1) is 0 Å². The number of hydrogen-bond donors (Lipinski definition) is 0. The molecule has 2 heterocycles. The molecular formula is C11H15NOS. The molecule has 0 aromatic heterocycles. The molecule has 0 aromatic carbocycles. The van der Waals surface area contributed by atoms with Gasteiger partial charge in [0.25, 0.3) is 0 Å². The van der Waals surface area contributed by atoms with E-state index in [4.69, 9.17) is 0 Å². The molecule has 2 aliphatic heterocycles. The van der Waals surface area contributed by atoms with Crippen molar-refractivity contribution in [3.05, 3.63) is 24.4 Å². The van der Waals surface area contributed by atoms with Crippen molar-refractivity contribution in [3.8, 4) is 0 Å². The van der Waals surface area contributed by atoms with Crippen molar-refractivity contribution < 1.29 is 4.79 Å². The topological polar surface area (TPSA) is 20.3 Å². The lowest BCUT2D eigenvalue weighted by Crippen LogP contribution is -2.23. The first-order valence-corrected chi connectivity index (χ1v) is 5.97. The Kier molecular flexibility index (Phi) is 2.96. The van der Waals surface area contributed by atoms with Crippen LogP contribution >= 0.6 is 11.8 Å². The molecule has 76 valence electrons. The molecule has 0 bridgehead atoms. The summed E-state index contributed by atoms with van der Waals surface area (Å²) in [5.41, 5.74) is 1.23. The van der Waals surface area contributed by atoms with Crippen LogP contribution in [0.25, 0.3) is 0 Å². The summed E-state index contributed by atoms with van der Waals surface area (Å²) in [5.74, 6) is 0. The van der Waals surface area contributed by atoms with Gasteiger partial charge in [-0.2, -0.15) is 0 Å². The molecule has 0 radical (unpaired) electrons. The van der Waals surface area contributed by atoms with Gasteiger partial charge < -0.3 is 4.90 Å². The number of carbonyl (C=O) groups excluding carboxylic acids is 1. The Morgan fingerprint density at radius 1 is 1.57 bits per heavy atom. The van der Waals surface area contributed by atoms with Gasteiger partial charge in [0.15, 0.2) is 0 Å². The molecule has 1 atom stereocenters. The van der Waals surface area contributed by atoms with E-state index < -0.39 is 0 Å². The molecule has 1 saturated heterocycles. The van der Waals surface area contributed by atoms with Gasteiger partial charge >= 0.3 is 0 Å². The van der Waals surface area contributed by atoms with Crippen molar-refractivity contribution in [1.29, 1.82) is 0 Å². The molecule has 0 spiro atoms. The van der Waals surface area contributed by atoms with Gasteiger partial charge in [0.05, 0.1) is 5.25 Å². The Morgan fingerprint density at radius 2 is 2.29 bits per heavy atom. The van der Waals surface area contributed by atoms with Gasteiger partial charge in [-0.25, -0.2) is 0 Å². The van der Waals surface area contributed by atoms with Gasteiger partial charge in [0.1, 0.15) is 0 Å². The molecule has 0 aliphatic carbocycles. The normalized spacial score (nSPS) is 26.9. The minimum atomic E-state index is 0.207. The summed E-state index contributed by atoms with van der Waals surface area (Å²) in [6, 6.07) is 0. The first-order valence-electron chi connectivity index (χ1n) is 5.09. The highest BCUT2D eigenvalue weighted by Gasteiger charge is 2.29. The number of hydrogen-bond acceptors (Lipinski definition) is 3. The standard InChI is InChI=1S/C11H15NOS/c1-2-5-10-9(8-11(13)14-10)12-6-3-4-7-12/h2,8,10H,1,3-7H2. The zero-order valence-corrected chi connectivity index (χ0v) is 9.05. The Labute approximate surface area is 89.0 Å².